The Balaban J connectivity index is 0.000000137. The molecule has 5 N–H and O–H groups in total. The minimum absolute atomic E-state index is 0.0147. The fourth-order valence-corrected chi connectivity index (χ4v) is 13.4. The van der Waals surface area contributed by atoms with Gasteiger partial charge >= 0.3 is 7.12 Å². The Bertz CT molecular complexity index is 4240. The molecule has 6 aromatic heterocycles. The van der Waals surface area contributed by atoms with E-state index < -0.39 is 7.12 Å². The Labute approximate surface area is 573 Å². The predicted octanol–water partition coefficient (Wildman–Crippen LogP) is 9.14. The standard InChI is InChI=1S/C32H35N9O2.C22H26BNO3.C17H22IN7O/c1-39(24-10-11-24)15-2-3-27(42)40-16-13-25(18-40)41-31-28(30(33)35-19-36-31)29(38-41)21-6-8-22(9-7-21)32(43)37-26-17-23(12-14-34-26)20-4-5-20;1-21(2)22(3,4)27-23(26-21)18-9-7-16(8-10-18)20(25)14-19-13-17(11-12-24-19)15-5-6-15;1-23(11-4-5-11)7-2-3-13(26)24-8-6-12(9-24)25-17-14(15(18)22-25)16(19)20-10-21-17/h2-3,6-9,12,14,17,19-20,24-25H,4-5,10-11,13,15-16,18H2,1H3,(H2,33,35,36)(H,34,37,43);7-13,15H,5-6,14H2,1-4H3;2-3,10-12H,4-9H2,1H3,(H2,19,20,21)/b3-2+;;3-2+/t25-;;12-/m1.1/s1. The SMILES string of the molecule is CC1(C)OB(c2ccc(C(=O)Cc3cc(C4CC4)ccn3)cc2)OC1(C)C.CN(C/C=C/C(=O)N1CC[C@@H](n2nc(-c3ccc(C(=O)Nc4cc(C5CC5)ccn4)cc3)c3c(N)ncnc32)C1)C1CC1.CN(C/C=C/C(=O)N1CC[C@@H](n2nc(I)c3c(N)ncnc32)C1)C1CC1. The number of likely N-dealkylation sites (N-methyl/N-ethyl adjacent to an activating group) is 2. The number of amides is 3. The second-order valence-corrected chi connectivity index (χ2v) is 28.5. The largest absolute Gasteiger partial charge is 0.494 e. The van der Waals surface area contributed by atoms with Gasteiger partial charge in [-0.3, -0.25) is 34.0 Å². The van der Waals surface area contributed by atoms with Crippen molar-refractivity contribution in [3.05, 3.63) is 154 Å². The molecule has 0 bridgehead atoms. The number of nitrogens with zero attached hydrogens (tertiary/aromatic N) is 14. The maximum Gasteiger partial charge on any atom is 0.494 e. The highest BCUT2D eigenvalue weighted by Crippen LogP contribution is 2.42. The number of fused-ring (bicyclic) bond motifs is 2. The Morgan fingerprint density at radius 1 is 0.625 bits per heavy atom. The highest BCUT2D eigenvalue weighted by atomic mass is 127. The molecule has 4 saturated carbocycles. The summed E-state index contributed by atoms with van der Waals surface area (Å²) in [7, 11) is 3.80. The first-order chi connectivity index (χ1) is 46.2. The average molecular weight is 1410 g/mol. The van der Waals surface area contributed by atoms with Gasteiger partial charge in [-0.2, -0.15) is 10.2 Å². The lowest BCUT2D eigenvalue weighted by molar-refractivity contribution is -0.125. The number of nitrogens with two attached hydrogens (primary N) is 2. The fraction of sp³-hybridized carbons (Fsp3) is 0.437. The molecule has 0 spiro atoms. The van der Waals surface area contributed by atoms with Crippen LogP contribution in [-0.4, -0.2) is 176 Å². The molecule has 9 heterocycles. The molecule has 7 fully saturated rings. The third-order valence-corrected chi connectivity index (χ3v) is 20.5. The van der Waals surface area contributed by atoms with Crippen LogP contribution in [0.15, 0.2) is 122 Å². The number of ketones is 1. The van der Waals surface area contributed by atoms with Crippen molar-refractivity contribution in [3.63, 3.8) is 0 Å². The number of nitrogen functional groups attached to an aromatic ring is 2. The molecule has 3 aliphatic heterocycles. The third kappa shape index (κ3) is 15.2. The second kappa shape index (κ2) is 28.0. The molecule has 0 radical (unpaired) electrons. The minimum Gasteiger partial charge on any atom is -0.399 e. The molecule has 15 rings (SSSR count). The van der Waals surface area contributed by atoms with Gasteiger partial charge in [-0.15, -0.1) is 0 Å². The van der Waals surface area contributed by atoms with Gasteiger partial charge in [-0.1, -0.05) is 48.6 Å². The Morgan fingerprint density at radius 3 is 1.69 bits per heavy atom. The maximum absolute atomic E-state index is 13.0. The van der Waals surface area contributed by atoms with Crippen molar-refractivity contribution in [1.82, 2.24) is 69.1 Å². The molecule has 2 atom stereocenters. The molecule has 3 amide bonds. The number of Topliss-reactive ketones (excluding diaryl/α,β-unsaturated/α-hetero) is 1. The van der Waals surface area contributed by atoms with Gasteiger partial charge in [0.25, 0.3) is 5.91 Å². The van der Waals surface area contributed by atoms with E-state index in [9.17, 15) is 19.2 Å². The molecule has 0 unspecified atom stereocenters. The number of nitrogens with one attached hydrogen (secondary N) is 1. The van der Waals surface area contributed by atoms with Crippen LogP contribution in [-0.2, 0) is 25.3 Å². The van der Waals surface area contributed by atoms with E-state index in [2.05, 4.69) is 98.9 Å². The average Bonchev–Trinajstić information content (AvgIpc) is 1.63. The quantitative estimate of drug-likeness (QED) is 0.0294. The van der Waals surface area contributed by atoms with Crippen molar-refractivity contribution in [2.45, 2.75) is 146 Å². The van der Waals surface area contributed by atoms with Crippen LogP contribution in [0.1, 0.15) is 153 Å². The summed E-state index contributed by atoms with van der Waals surface area (Å²) in [4.78, 5) is 85.1. The normalized spacial score (nSPS) is 19.8. The predicted molar refractivity (Wildman–Crippen MR) is 378 cm³/mol. The first-order valence-electron chi connectivity index (χ1n) is 33.5. The van der Waals surface area contributed by atoms with Gasteiger partial charge < -0.3 is 35.9 Å². The molecule has 7 aliphatic rings. The smallest absolute Gasteiger partial charge is 0.399 e. The number of halogens is 1. The zero-order valence-electron chi connectivity index (χ0n) is 55.4. The summed E-state index contributed by atoms with van der Waals surface area (Å²) < 4.78 is 16.7. The van der Waals surface area contributed by atoms with Gasteiger partial charge in [0.15, 0.2) is 17.1 Å². The number of aromatic nitrogens is 10. The highest BCUT2D eigenvalue weighted by Gasteiger charge is 2.52. The van der Waals surface area contributed by atoms with Crippen LogP contribution in [0.3, 0.4) is 0 Å². The molecule has 4 aliphatic carbocycles. The molecule has 3 saturated heterocycles. The van der Waals surface area contributed by atoms with E-state index in [0.29, 0.717) is 95.3 Å². The summed E-state index contributed by atoms with van der Waals surface area (Å²) in [5, 5.41) is 13.9. The van der Waals surface area contributed by atoms with Crippen LogP contribution in [0.5, 0.6) is 0 Å². The number of carbonyl (C=O) groups excluding carboxylic acids is 4. The molecule has 23 nitrogen and oxygen atoms in total. The van der Waals surface area contributed by atoms with Crippen LogP contribution in [0.25, 0.3) is 33.3 Å². The molecule has 96 heavy (non-hydrogen) atoms. The lowest BCUT2D eigenvalue weighted by atomic mass is 9.78. The van der Waals surface area contributed by atoms with Crippen LogP contribution in [0, 0.1) is 3.70 Å². The van der Waals surface area contributed by atoms with E-state index in [4.69, 9.17) is 25.9 Å². The van der Waals surface area contributed by atoms with Crippen molar-refractivity contribution in [2.24, 2.45) is 0 Å². The van der Waals surface area contributed by atoms with E-state index in [0.717, 1.165) is 63.9 Å². The molecule has 25 heteroatoms. The van der Waals surface area contributed by atoms with E-state index >= 15 is 0 Å². The number of benzene rings is 2. The number of likely N-dealkylation sites (tertiary alicyclic amines) is 2. The van der Waals surface area contributed by atoms with Crippen molar-refractivity contribution in [3.8, 4) is 11.3 Å². The van der Waals surface area contributed by atoms with Gasteiger partial charge in [-0.05, 0) is 193 Å². The number of hydrogen-bond donors (Lipinski definition) is 3. The molecule has 8 aromatic rings. The van der Waals surface area contributed by atoms with Crippen molar-refractivity contribution in [1.29, 1.82) is 0 Å². The van der Waals surface area contributed by atoms with Crippen LogP contribution in [0.2, 0.25) is 0 Å². The van der Waals surface area contributed by atoms with Crippen molar-refractivity contribution < 1.29 is 28.5 Å². The van der Waals surface area contributed by atoms with E-state index in [1.807, 2.05) is 114 Å². The van der Waals surface area contributed by atoms with Gasteiger partial charge in [0.2, 0.25) is 11.8 Å². The fourth-order valence-electron chi connectivity index (χ4n) is 12.6. The summed E-state index contributed by atoms with van der Waals surface area (Å²) in [6, 6.07) is 24.3. The van der Waals surface area contributed by atoms with E-state index in [1.165, 1.54) is 75.1 Å². The lowest BCUT2D eigenvalue weighted by Crippen LogP contribution is -2.41. The van der Waals surface area contributed by atoms with Crippen LogP contribution >= 0.6 is 22.6 Å². The van der Waals surface area contributed by atoms with Crippen molar-refractivity contribution in [2.75, 3.05) is 70.1 Å². The summed E-state index contributed by atoms with van der Waals surface area (Å²) in [5.74, 6) is 2.52. The Morgan fingerprint density at radius 2 is 1.14 bits per heavy atom. The van der Waals surface area contributed by atoms with Gasteiger partial charge in [0.1, 0.15) is 39.5 Å². The zero-order chi connectivity index (χ0) is 67.0. The summed E-state index contributed by atoms with van der Waals surface area (Å²) in [6.07, 6.45) is 25.6. The third-order valence-electron chi connectivity index (χ3n) is 19.8. The topological polar surface area (TPSA) is 277 Å². The molecular weight excluding hydrogens is 1320 g/mol. The molecular formula is C71H83BIN17O6. The van der Waals surface area contributed by atoms with Gasteiger partial charge in [0.05, 0.1) is 40.5 Å². The first-order valence-corrected chi connectivity index (χ1v) is 34.6. The number of pyridine rings is 2. The number of carbonyl (C=O) groups is 4. The summed E-state index contributed by atoms with van der Waals surface area (Å²) >= 11 is 2.16. The van der Waals surface area contributed by atoms with Gasteiger partial charge in [0, 0.05) is 98.3 Å². The monoisotopic (exact) mass is 1410 g/mol. The maximum atomic E-state index is 13.0. The summed E-state index contributed by atoms with van der Waals surface area (Å²) in [5.41, 5.74) is 19.9. The number of anilines is 3. The molecule has 498 valence electrons. The van der Waals surface area contributed by atoms with E-state index in [-0.39, 0.29) is 46.8 Å². The number of rotatable bonds is 19. The Hall–Kier alpha value is -8.37. The number of hydrogen-bond acceptors (Lipinski definition) is 18. The lowest BCUT2D eigenvalue weighted by Gasteiger charge is -2.32. The second-order valence-electron chi connectivity index (χ2n) is 27.5. The van der Waals surface area contributed by atoms with Crippen LogP contribution in [0.4, 0.5) is 17.5 Å². The highest BCUT2D eigenvalue weighted by molar-refractivity contribution is 14.1. The minimum atomic E-state index is -0.406. The van der Waals surface area contributed by atoms with Crippen LogP contribution < -0.4 is 22.2 Å². The van der Waals surface area contributed by atoms with Gasteiger partial charge in [-0.25, -0.2) is 34.3 Å². The summed E-state index contributed by atoms with van der Waals surface area (Å²) in [6.45, 7) is 12.3. The zero-order valence-corrected chi connectivity index (χ0v) is 57.5. The van der Waals surface area contributed by atoms with E-state index in [1.54, 1.807) is 30.5 Å². The first kappa shape index (κ1) is 66.3. The Kier molecular flexibility index (Phi) is 19.3. The molecule has 2 aromatic carbocycles. The van der Waals surface area contributed by atoms with Crippen molar-refractivity contribution >= 4 is 98.2 Å².